The smallest absolute Gasteiger partial charge is 0.244 e. The lowest BCUT2D eigenvalue weighted by Gasteiger charge is -2.33. The topological polar surface area (TPSA) is 86.8 Å². The van der Waals surface area contributed by atoms with Gasteiger partial charge in [-0.15, -0.1) is 0 Å². The molecule has 2 aromatic carbocycles. The molecule has 0 aliphatic heterocycles. The predicted molar refractivity (Wildman–Crippen MR) is 142 cm³/mol. The Morgan fingerprint density at radius 3 is 2.34 bits per heavy atom. The maximum atomic E-state index is 13.6. The number of anilines is 1. The summed E-state index contributed by atoms with van der Waals surface area (Å²) in [5, 5.41) is 3.59. The van der Waals surface area contributed by atoms with Gasteiger partial charge in [-0.25, -0.2) is 8.42 Å². The van der Waals surface area contributed by atoms with E-state index in [1.165, 1.54) is 4.90 Å². The molecule has 1 N–H and O–H groups in total. The van der Waals surface area contributed by atoms with Crippen LogP contribution in [0.1, 0.15) is 44.2 Å². The number of sulfonamides is 1. The summed E-state index contributed by atoms with van der Waals surface area (Å²) in [6, 6.07) is 11.1. The fourth-order valence-corrected chi connectivity index (χ4v) is 4.82. The Morgan fingerprint density at radius 2 is 1.77 bits per heavy atom. The van der Waals surface area contributed by atoms with Crippen molar-refractivity contribution in [3.63, 3.8) is 0 Å². The number of unbranched alkanes of at least 4 members (excludes halogenated alkanes) is 1. The van der Waals surface area contributed by atoms with Crippen molar-refractivity contribution >= 4 is 50.7 Å². The minimum atomic E-state index is -3.77. The van der Waals surface area contributed by atoms with Crippen LogP contribution in [0.4, 0.5) is 5.69 Å². The fraction of sp³-hybridized carbons (Fsp3) is 0.440. The molecule has 0 heterocycles. The van der Waals surface area contributed by atoms with E-state index in [-0.39, 0.29) is 12.5 Å². The third-order valence-electron chi connectivity index (χ3n) is 5.52. The van der Waals surface area contributed by atoms with Gasteiger partial charge in [-0.05, 0) is 55.2 Å². The van der Waals surface area contributed by atoms with Gasteiger partial charge in [0.05, 0.1) is 22.0 Å². The first-order valence-electron chi connectivity index (χ1n) is 11.5. The second-order valence-electron chi connectivity index (χ2n) is 8.45. The first-order chi connectivity index (χ1) is 16.5. The van der Waals surface area contributed by atoms with Gasteiger partial charge < -0.3 is 10.2 Å². The Bertz CT molecular complexity index is 1140. The van der Waals surface area contributed by atoms with Crippen LogP contribution in [-0.2, 0) is 26.2 Å². The number of nitrogens with one attached hydrogen (secondary N) is 1. The molecule has 0 aliphatic carbocycles. The van der Waals surface area contributed by atoms with E-state index in [1.807, 2.05) is 26.8 Å². The minimum absolute atomic E-state index is 0.0703. The van der Waals surface area contributed by atoms with Gasteiger partial charge in [0, 0.05) is 13.1 Å². The SMILES string of the molecule is CCCCNC(=O)C(CC)N(Cc1ccc(Cl)c(Cl)c1)C(=O)CN(c1cccc(C)c1)S(C)(=O)=O. The maximum Gasteiger partial charge on any atom is 0.244 e. The molecule has 7 nitrogen and oxygen atoms in total. The monoisotopic (exact) mass is 541 g/mol. The molecule has 0 aliphatic rings. The highest BCUT2D eigenvalue weighted by Gasteiger charge is 2.31. The van der Waals surface area contributed by atoms with Crippen LogP contribution in [0, 0.1) is 6.92 Å². The molecule has 0 aromatic heterocycles. The van der Waals surface area contributed by atoms with E-state index in [9.17, 15) is 18.0 Å². The summed E-state index contributed by atoms with van der Waals surface area (Å²) < 4.78 is 26.3. The summed E-state index contributed by atoms with van der Waals surface area (Å²) in [4.78, 5) is 28.1. The van der Waals surface area contributed by atoms with E-state index in [0.717, 1.165) is 29.0 Å². The molecular weight excluding hydrogens is 509 g/mol. The quantitative estimate of drug-likeness (QED) is 0.391. The Labute approximate surface area is 218 Å². The maximum absolute atomic E-state index is 13.6. The van der Waals surface area contributed by atoms with E-state index >= 15 is 0 Å². The van der Waals surface area contributed by atoms with E-state index in [0.29, 0.717) is 34.3 Å². The summed E-state index contributed by atoms with van der Waals surface area (Å²) in [5.74, 6) is -0.781. The van der Waals surface area contributed by atoms with Gasteiger partial charge in [0.15, 0.2) is 0 Å². The van der Waals surface area contributed by atoms with Crippen molar-refractivity contribution in [2.45, 2.75) is 52.6 Å². The molecule has 0 fully saturated rings. The molecule has 2 aromatic rings. The molecule has 35 heavy (non-hydrogen) atoms. The zero-order valence-corrected chi connectivity index (χ0v) is 22.9. The molecule has 2 rings (SSSR count). The number of rotatable bonds is 12. The molecule has 0 spiro atoms. The van der Waals surface area contributed by atoms with E-state index in [2.05, 4.69) is 5.32 Å². The highest BCUT2D eigenvalue weighted by atomic mass is 35.5. The third kappa shape index (κ3) is 8.40. The van der Waals surface area contributed by atoms with Crippen LogP contribution in [0.2, 0.25) is 10.0 Å². The highest BCUT2D eigenvalue weighted by molar-refractivity contribution is 7.92. The highest BCUT2D eigenvalue weighted by Crippen LogP contribution is 2.25. The van der Waals surface area contributed by atoms with Crippen LogP contribution in [-0.4, -0.2) is 50.5 Å². The third-order valence-corrected chi connectivity index (χ3v) is 7.40. The van der Waals surface area contributed by atoms with Crippen LogP contribution in [0.15, 0.2) is 42.5 Å². The van der Waals surface area contributed by atoms with Crippen LogP contribution >= 0.6 is 23.2 Å². The summed E-state index contributed by atoms with van der Waals surface area (Å²) in [6.07, 6.45) is 3.15. The molecule has 0 bridgehead atoms. The number of hydrogen-bond acceptors (Lipinski definition) is 4. The van der Waals surface area contributed by atoms with Gasteiger partial charge in [0.1, 0.15) is 12.6 Å². The van der Waals surface area contributed by atoms with Crippen molar-refractivity contribution in [3.05, 3.63) is 63.6 Å². The van der Waals surface area contributed by atoms with Gasteiger partial charge in [-0.1, -0.05) is 61.7 Å². The number of halogens is 2. The summed E-state index contributed by atoms with van der Waals surface area (Å²) in [6.45, 7) is 5.81. The zero-order chi connectivity index (χ0) is 26.2. The van der Waals surface area contributed by atoms with Crippen molar-refractivity contribution in [3.8, 4) is 0 Å². The summed E-state index contributed by atoms with van der Waals surface area (Å²) in [5.41, 5.74) is 1.92. The molecular formula is C25H33Cl2N3O4S. The summed E-state index contributed by atoms with van der Waals surface area (Å²) in [7, 11) is -3.77. The molecule has 0 saturated heterocycles. The number of nitrogens with zero attached hydrogens (tertiary/aromatic N) is 2. The van der Waals surface area contributed by atoms with Gasteiger partial charge >= 0.3 is 0 Å². The fourth-order valence-electron chi connectivity index (χ4n) is 3.66. The first kappa shape index (κ1) is 28.9. The Kier molecular flexibility index (Phi) is 10.9. The van der Waals surface area contributed by atoms with E-state index in [4.69, 9.17) is 23.2 Å². The van der Waals surface area contributed by atoms with Crippen LogP contribution in [0.3, 0.4) is 0 Å². The Morgan fingerprint density at radius 1 is 1.06 bits per heavy atom. The largest absolute Gasteiger partial charge is 0.354 e. The van der Waals surface area contributed by atoms with Crippen molar-refractivity contribution in [1.82, 2.24) is 10.2 Å². The normalized spacial score (nSPS) is 12.2. The second kappa shape index (κ2) is 13.1. The van der Waals surface area contributed by atoms with Gasteiger partial charge in [-0.2, -0.15) is 0 Å². The van der Waals surface area contributed by atoms with Crippen molar-refractivity contribution in [2.24, 2.45) is 0 Å². The van der Waals surface area contributed by atoms with E-state index < -0.39 is 28.5 Å². The van der Waals surface area contributed by atoms with E-state index in [1.54, 1.807) is 36.4 Å². The van der Waals surface area contributed by atoms with Gasteiger partial charge in [0.25, 0.3) is 0 Å². The van der Waals surface area contributed by atoms with Crippen LogP contribution in [0.5, 0.6) is 0 Å². The van der Waals surface area contributed by atoms with Crippen molar-refractivity contribution in [1.29, 1.82) is 0 Å². The number of hydrogen-bond donors (Lipinski definition) is 1. The average Bonchev–Trinajstić information content (AvgIpc) is 2.79. The molecule has 10 heteroatoms. The predicted octanol–water partition coefficient (Wildman–Crippen LogP) is 4.79. The number of amides is 2. The number of carbonyl (C=O) groups is 2. The number of benzene rings is 2. The molecule has 0 radical (unpaired) electrons. The van der Waals surface area contributed by atoms with Crippen molar-refractivity contribution in [2.75, 3.05) is 23.7 Å². The second-order valence-corrected chi connectivity index (χ2v) is 11.2. The molecule has 2 amide bonds. The zero-order valence-electron chi connectivity index (χ0n) is 20.6. The Hall–Kier alpha value is -2.29. The standard InChI is InChI=1S/C25H33Cl2N3O4S/c1-5-7-13-28-25(32)23(6-2)29(16-19-11-12-21(26)22(27)15-19)24(31)17-30(35(4,33)34)20-10-8-9-18(3)14-20/h8-12,14-15,23H,5-7,13,16-17H2,1-4H3,(H,28,32). The lowest BCUT2D eigenvalue weighted by molar-refractivity contribution is -0.140. The molecule has 192 valence electrons. The lowest BCUT2D eigenvalue weighted by Crippen LogP contribution is -2.52. The average molecular weight is 543 g/mol. The number of aryl methyl sites for hydroxylation is 1. The first-order valence-corrected chi connectivity index (χ1v) is 14.1. The summed E-state index contributed by atoms with van der Waals surface area (Å²) >= 11 is 12.2. The number of carbonyl (C=O) groups excluding carboxylic acids is 2. The molecule has 1 unspecified atom stereocenters. The van der Waals surface area contributed by atoms with Crippen LogP contribution < -0.4 is 9.62 Å². The van der Waals surface area contributed by atoms with Crippen LogP contribution in [0.25, 0.3) is 0 Å². The molecule has 0 saturated carbocycles. The van der Waals surface area contributed by atoms with Gasteiger partial charge in [-0.3, -0.25) is 13.9 Å². The minimum Gasteiger partial charge on any atom is -0.354 e. The molecule has 1 atom stereocenters. The van der Waals surface area contributed by atoms with Gasteiger partial charge in [0.2, 0.25) is 21.8 Å². The lowest BCUT2D eigenvalue weighted by atomic mass is 10.1. The Balaban J connectivity index is 2.42. The van der Waals surface area contributed by atoms with Crippen molar-refractivity contribution < 1.29 is 18.0 Å².